The van der Waals surface area contributed by atoms with Gasteiger partial charge in [0.15, 0.2) is 5.78 Å². The zero-order valence-corrected chi connectivity index (χ0v) is 5.46. The molecular formula is C4H9O2P. The first-order chi connectivity index (χ1) is 3.31. The normalized spacial score (nSPS) is 8.86. The van der Waals surface area contributed by atoms with Crippen LogP contribution in [0, 0.1) is 0 Å². The van der Waals surface area contributed by atoms with Crippen LogP contribution in [0.4, 0.5) is 0 Å². The smallest absolute Gasteiger partial charge is 0.158 e. The fourth-order valence-corrected chi connectivity index (χ4v) is 0.381. The monoisotopic (exact) mass is 120 g/mol. The molecular weight excluding hydrogens is 111 g/mol. The molecule has 0 amide bonds. The first-order valence-corrected chi connectivity index (χ1v) is 2.61. The Morgan fingerprint density at radius 3 is 2.57 bits per heavy atom. The van der Waals surface area contributed by atoms with Crippen molar-refractivity contribution < 1.29 is 9.32 Å². The van der Waals surface area contributed by atoms with Crippen molar-refractivity contribution in [2.75, 3.05) is 6.61 Å². The molecule has 0 aromatic heterocycles. The highest BCUT2D eigenvalue weighted by Crippen LogP contribution is 1.86. The van der Waals surface area contributed by atoms with Gasteiger partial charge in [-0.05, 0) is 0 Å². The lowest BCUT2D eigenvalue weighted by atomic mass is 10.3. The van der Waals surface area contributed by atoms with Crippen molar-refractivity contribution in [2.45, 2.75) is 13.3 Å². The van der Waals surface area contributed by atoms with Crippen LogP contribution in [-0.2, 0) is 9.32 Å². The second-order valence-electron chi connectivity index (χ2n) is 1.20. The fraction of sp³-hybridized carbons (Fsp3) is 0.750. The van der Waals surface area contributed by atoms with Crippen LogP contribution in [0.2, 0.25) is 0 Å². The predicted molar refractivity (Wildman–Crippen MR) is 31.0 cm³/mol. The standard InChI is InChI=1S/C4H9O2P/c1-2-4(5)3-6-7/h2-3,7H2,1H3. The van der Waals surface area contributed by atoms with E-state index in [2.05, 4.69) is 4.52 Å². The molecule has 0 bridgehead atoms. The summed E-state index contributed by atoms with van der Waals surface area (Å²) < 4.78 is 4.46. The fourth-order valence-electron chi connectivity index (χ4n) is 0.195. The molecule has 0 rings (SSSR count). The molecule has 0 aromatic rings. The van der Waals surface area contributed by atoms with E-state index in [1.165, 1.54) is 0 Å². The van der Waals surface area contributed by atoms with Crippen molar-refractivity contribution >= 4 is 15.2 Å². The van der Waals surface area contributed by atoms with E-state index in [0.717, 1.165) is 0 Å². The molecule has 0 aliphatic carbocycles. The average Bonchev–Trinajstić information content (AvgIpc) is 1.68. The minimum atomic E-state index is 0.134. The van der Waals surface area contributed by atoms with Crippen LogP contribution in [0.3, 0.4) is 0 Å². The Morgan fingerprint density at radius 2 is 2.43 bits per heavy atom. The summed E-state index contributed by atoms with van der Waals surface area (Å²) in [6, 6.07) is 0. The molecule has 0 fully saturated rings. The second kappa shape index (κ2) is 4.23. The van der Waals surface area contributed by atoms with Gasteiger partial charge in [-0.2, -0.15) is 0 Å². The average molecular weight is 120 g/mol. The van der Waals surface area contributed by atoms with Gasteiger partial charge in [-0.1, -0.05) is 6.92 Å². The molecule has 1 atom stereocenters. The highest BCUT2D eigenvalue weighted by Gasteiger charge is 1.91. The van der Waals surface area contributed by atoms with Crippen molar-refractivity contribution in [1.82, 2.24) is 0 Å². The van der Waals surface area contributed by atoms with E-state index >= 15 is 0 Å². The third-order valence-corrected chi connectivity index (χ3v) is 0.805. The highest BCUT2D eigenvalue weighted by molar-refractivity contribution is 7.09. The number of carbonyl (C=O) groups is 1. The third-order valence-electron chi connectivity index (χ3n) is 0.639. The van der Waals surface area contributed by atoms with Crippen molar-refractivity contribution in [3.63, 3.8) is 0 Å². The number of hydrogen-bond acceptors (Lipinski definition) is 2. The van der Waals surface area contributed by atoms with E-state index in [0.29, 0.717) is 6.42 Å². The summed E-state index contributed by atoms with van der Waals surface area (Å²) in [6.07, 6.45) is 0.564. The highest BCUT2D eigenvalue weighted by atomic mass is 31.0. The lowest BCUT2D eigenvalue weighted by Crippen LogP contribution is -2.00. The Kier molecular flexibility index (Phi) is 4.26. The van der Waals surface area contributed by atoms with Crippen LogP contribution in [0.15, 0.2) is 0 Å². The summed E-state index contributed by atoms with van der Waals surface area (Å²) in [4.78, 5) is 10.3. The molecule has 0 radical (unpaired) electrons. The minimum Gasteiger partial charge on any atom is -0.358 e. The molecule has 7 heavy (non-hydrogen) atoms. The maximum atomic E-state index is 10.3. The SMILES string of the molecule is CCC(=O)COP. The van der Waals surface area contributed by atoms with Gasteiger partial charge < -0.3 is 4.52 Å². The topological polar surface area (TPSA) is 26.3 Å². The summed E-state index contributed by atoms with van der Waals surface area (Å²) in [5.74, 6) is 0.134. The Morgan fingerprint density at radius 1 is 1.86 bits per heavy atom. The molecule has 1 unspecified atom stereocenters. The number of hydrogen-bond donors (Lipinski definition) is 0. The molecule has 0 aliphatic rings. The van der Waals surface area contributed by atoms with Gasteiger partial charge in [-0.15, -0.1) is 0 Å². The largest absolute Gasteiger partial charge is 0.358 e. The van der Waals surface area contributed by atoms with E-state index < -0.39 is 0 Å². The zero-order valence-electron chi connectivity index (χ0n) is 4.31. The van der Waals surface area contributed by atoms with Gasteiger partial charge in [-0.3, -0.25) is 4.79 Å². The quantitative estimate of drug-likeness (QED) is 0.514. The van der Waals surface area contributed by atoms with Crippen LogP contribution >= 0.6 is 9.47 Å². The van der Waals surface area contributed by atoms with Crippen LogP contribution in [-0.4, -0.2) is 12.4 Å². The van der Waals surface area contributed by atoms with Gasteiger partial charge in [0.1, 0.15) is 6.61 Å². The molecule has 3 heteroatoms. The van der Waals surface area contributed by atoms with Gasteiger partial charge in [-0.25, -0.2) is 0 Å². The summed E-state index contributed by atoms with van der Waals surface area (Å²) in [5.41, 5.74) is 0. The number of Topliss-reactive ketones (excluding diaryl/α,β-unsaturated/α-hetero) is 1. The summed E-state index contributed by atoms with van der Waals surface area (Å²) in [6.45, 7) is 2.03. The molecule has 42 valence electrons. The summed E-state index contributed by atoms with van der Waals surface area (Å²) in [7, 11) is 2.03. The van der Waals surface area contributed by atoms with E-state index in [1.807, 2.05) is 16.4 Å². The van der Waals surface area contributed by atoms with Crippen LogP contribution in [0.25, 0.3) is 0 Å². The van der Waals surface area contributed by atoms with Crippen LogP contribution < -0.4 is 0 Å². The Labute approximate surface area is 45.5 Å². The number of rotatable bonds is 3. The number of carbonyl (C=O) groups excluding carboxylic acids is 1. The lowest BCUT2D eigenvalue weighted by Gasteiger charge is -1.89. The predicted octanol–water partition coefficient (Wildman–Crippen LogP) is 0.772. The molecule has 2 nitrogen and oxygen atoms in total. The first-order valence-electron chi connectivity index (χ1n) is 2.14. The third kappa shape index (κ3) is 3.90. The summed E-state index contributed by atoms with van der Waals surface area (Å²) >= 11 is 0. The van der Waals surface area contributed by atoms with Gasteiger partial charge in [0.25, 0.3) is 0 Å². The van der Waals surface area contributed by atoms with E-state index in [1.54, 1.807) is 0 Å². The van der Waals surface area contributed by atoms with Gasteiger partial charge >= 0.3 is 0 Å². The maximum absolute atomic E-state index is 10.3. The van der Waals surface area contributed by atoms with E-state index in [9.17, 15) is 4.79 Å². The second-order valence-corrected chi connectivity index (χ2v) is 1.54. The molecule has 0 heterocycles. The van der Waals surface area contributed by atoms with Gasteiger partial charge in [0, 0.05) is 15.9 Å². The summed E-state index contributed by atoms with van der Waals surface area (Å²) in [5, 5.41) is 0. The van der Waals surface area contributed by atoms with Crippen LogP contribution in [0.1, 0.15) is 13.3 Å². The molecule has 0 saturated carbocycles. The maximum Gasteiger partial charge on any atom is 0.158 e. The van der Waals surface area contributed by atoms with Crippen molar-refractivity contribution in [1.29, 1.82) is 0 Å². The van der Waals surface area contributed by atoms with Crippen molar-refractivity contribution in [3.05, 3.63) is 0 Å². The zero-order chi connectivity index (χ0) is 5.70. The van der Waals surface area contributed by atoms with E-state index in [4.69, 9.17) is 0 Å². The minimum absolute atomic E-state index is 0.134. The molecule has 0 spiro atoms. The Balaban J connectivity index is 3.00. The molecule has 0 saturated heterocycles. The van der Waals surface area contributed by atoms with E-state index in [-0.39, 0.29) is 12.4 Å². The molecule has 0 aliphatic heterocycles. The number of ketones is 1. The van der Waals surface area contributed by atoms with Crippen molar-refractivity contribution in [3.8, 4) is 0 Å². The van der Waals surface area contributed by atoms with Crippen molar-refractivity contribution in [2.24, 2.45) is 0 Å². The van der Waals surface area contributed by atoms with Crippen LogP contribution in [0.5, 0.6) is 0 Å². The van der Waals surface area contributed by atoms with Gasteiger partial charge in [0.05, 0.1) is 0 Å². The van der Waals surface area contributed by atoms with Gasteiger partial charge in [0.2, 0.25) is 0 Å². The molecule has 0 N–H and O–H groups in total. The first kappa shape index (κ1) is 7.06. The Hall–Kier alpha value is 0.0600. The lowest BCUT2D eigenvalue weighted by molar-refractivity contribution is -0.120. The Bertz CT molecular complexity index is 62.7. The molecule has 0 aromatic carbocycles.